The molecule has 0 aliphatic carbocycles. The Morgan fingerprint density at radius 3 is 2.26 bits per heavy atom. The number of hydrogen-bond acceptors (Lipinski definition) is 6. The van der Waals surface area contributed by atoms with Crippen molar-refractivity contribution < 1.29 is 18.6 Å². The van der Waals surface area contributed by atoms with E-state index in [4.69, 9.17) is 20.9 Å². The Bertz CT molecular complexity index is 344. The van der Waals surface area contributed by atoms with Gasteiger partial charge in [0, 0.05) is 7.05 Å². The minimum absolute atomic E-state index is 0.110. The van der Waals surface area contributed by atoms with Crippen molar-refractivity contribution in [2.75, 3.05) is 26.0 Å². The maximum Gasteiger partial charge on any atom is 0.247 e. The van der Waals surface area contributed by atoms with E-state index >= 15 is 0 Å². The van der Waals surface area contributed by atoms with Crippen LogP contribution in [0.4, 0.5) is 0 Å². The molecule has 0 aromatic rings. The number of rotatable bonds is 9. The number of hydrogen-bond donors (Lipinski definition) is 2. The van der Waals surface area contributed by atoms with Crippen molar-refractivity contribution in [3.8, 4) is 0 Å². The maximum atomic E-state index is 11.7. The molecule has 0 fully saturated rings. The van der Waals surface area contributed by atoms with Crippen LogP contribution in [-0.2, 0) is 30.4 Å². The van der Waals surface area contributed by atoms with Crippen molar-refractivity contribution in [1.29, 1.82) is 0 Å². The second kappa shape index (κ2) is 9.72. The van der Waals surface area contributed by atoms with Crippen LogP contribution in [0.3, 0.4) is 0 Å². The summed E-state index contributed by atoms with van der Waals surface area (Å²) in [7, 11) is 1.52. The third-order valence-electron chi connectivity index (χ3n) is 1.95. The normalized spacial score (nSPS) is 12.8. The molecule has 0 heterocycles. The first-order valence-electron chi connectivity index (χ1n) is 5.93. The molecule has 0 spiro atoms. The first-order valence-corrected chi connectivity index (χ1v) is 10.2. The quantitative estimate of drug-likeness (QED) is 0.621. The van der Waals surface area contributed by atoms with E-state index in [1.54, 1.807) is 6.92 Å². The van der Waals surface area contributed by atoms with Gasteiger partial charge in [0.25, 0.3) is 0 Å². The summed E-state index contributed by atoms with van der Waals surface area (Å²) in [5.74, 6) is -0.402. The fourth-order valence-electron chi connectivity index (χ4n) is 1.13. The maximum absolute atomic E-state index is 11.7. The third kappa shape index (κ3) is 7.89. The summed E-state index contributed by atoms with van der Waals surface area (Å²) < 4.78 is 10.8. The van der Waals surface area contributed by atoms with Crippen molar-refractivity contribution in [1.82, 2.24) is 10.6 Å². The molecule has 2 amide bonds. The van der Waals surface area contributed by atoms with Gasteiger partial charge in [-0.3, -0.25) is 9.59 Å². The van der Waals surface area contributed by atoms with E-state index in [0.29, 0.717) is 13.2 Å². The Kier molecular flexibility index (Phi) is 9.64. The van der Waals surface area contributed by atoms with Crippen molar-refractivity contribution in [2.45, 2.75) is 26.8 Å². The van der Waals surface area contributed by atoms with Crippen LogP contribution >= 0.6 is 17.1 Å². The summed E-state index contributed by atoms with van der Waals surface area (Å²) in [5, 5.41) is 5.04. The van der Waals surface area contributed by atoms with E-state index in [9.17, 15) is 9.59 Å². The number of carbonyl (C=O) groups is 2. The van der Waals surface area contributed by atoms with Crippen LogP contribution < -0.4 is 10.6 Å². The Balaban J connectivity index is 4.26. The van der Waals surface area contributed by atoms with Crippen LogP contribution in [0, 0.1) is 0 Å². The Morgan fingerprint density at radius 2 is 1.84 bits per heavy atom. The highest BCUT2D eigenvalue weighted by Crippen LogP contribution is 2.60. The van der Waals surface area contributed by atoms with Crippen molar-refractivity contribution >= 4 is 40.7 Å². The Morgan fingerprint density at radius 1 is 1.32 bits per heavy atom. The topological polar surface area (TPSA) is 76.7 Å². The summed E-state index contributed by atoms with van der Waals surface area (Å²) in [6.45, 7) is 6.16. The molecule has 0 saturated carbocycles. The van der Waals surface area contributed by atoms with Crippen LogP contribution in [0.15, 0.2) is 0 Å². The summed E-state index contributed by atoms with van der Waals surface area (Å²) in [6, 6.07) is -0.574. The number of carbonyl (C=O) groups excluding carboxylic acids is 2. The molecular weight excluding hydrogens is 307 g/mol. The fourth-order valence-corrected chi connectivity index (χ4v) is 5.36. The molecule has 0 radical (unpaired) electrons. The second-order valence-electron chi connectivity index (χ2n) is 3.46. The van der Waals surface area contributed by atoms with Gasteiger partial charge in [-0.15, -0.1) is 0 Å². The molecule has 1 atom stereocenters. The van der Waals surface area contributed by atoms with Gasteiger partial charge in [0.2, 0.25) is 17.5 Å². The molecule has 6 nitrogen and oxygen atoms in total. The standard InChI is InChI=1S/C10H21N2O4PS2/c1-5-15-17(18,16-6-2)19-7-9(13)12-8(3)10(14)11-4/h8H,5-7H2,1-4H3,(H,11,14)(H,12,13). The lowest BCUT2D eigenvalue weighted by molar-refractivity contribution is -0.127. The van der Waals surface area contributed by atoms with E-state index in [1.807, 2.05) is 13.8 Å². The van der Waals surface area contributed by atoms with Gasteiger partial charge in [0.1, 0.15) is 6.04 Å². The van der Waals surface area contributed by atoms with Crippen molar-refractivity contribution in [3.05, 3.63) is 0 Å². The SMILES string of the molecule is CCOP(=S)(OCC)SCC(=O)NC(C)C(=O)NC. The van der Waals surface area contributed by atoms with E-state index in [1.165, 1.54) is 18.4 Å². The molecule has 0 aliphatic rings. The van der Waals surface area contributed by atoms with E-state index in [2.05, 4.69) is 10.6 Å². The lowest BCUT2D eigenvalue weighted by atomic mass is 10.3. The van der Waals surface area contributed by atoms with Crippen LogP contribution in [0.5, 0.6) is 0 Å². The van der Waals surface area contributed by atoms with Crippen molar-refractivity contribution in [2.24, 2.45) is 0 Å². The number of nitrogens with one attached hydrogen (secondary N) is 2. The molecule has 0 aliphatic heterocycles. The average molecular weight is 328 g/mol. The highest BCUT2D eigenvalue weighted by Gasteiger charge is 2.22. The Labute approximate surface area is 123 Å². The predicted molar refractivity (Wildman–Crippen MR) is 81.7 cm³/mol. The highest BCUT2D eigenvalue weighted by atomic mass is 32.9. The summed E-state index contributed by atoms with van der Waals surface area (Å²) in [5.41, 5.74) is -2.46. The zero-order chi connectivity index (χ0) is 14.9. The summed E-state index contributed by atoms with van der Waals surface area (Å²) >= 11 is 6.46. The van der Waals surface area contributed by atoms with Crippen LogP contribution in [0.2, 0.25) is 0 Å². The molecule has 0 aromatic heterocycles. The first-order chi connectivity index (χ1) is 8.88. The number of amides is 2. The van der Waals surface area contributed by atoms with Crippen LogP contribution in [-0.4, -0.2) is 43.9 Å². The first kappa shape index (κ1) is 18.9. The minimum atomic E-state index is -2.46. The van der Waals surface area contributed by atoms with Gasteiger partial charge < -0.3 is 19.7 Å². The Hall–Kier alpha value is -0.140. The summed E-state index contributed by atoms with van der Waals surface area (Å²) in [4.78, 5) is 22.9. The lowest BCUT2D eigenvalue weighted by Crippen LogP contribution is -2.44. The molecule has 19 heavy (non-hydrogen) atoms. The molecule has 1 unspecified atom stereocenters. The lowest BCUT2D eigenvalue weighted by Gasteiger charge is -2.20. The molecule has 0 rings (SSSR count). The van der Waals surface area contributed by atoms with Crippen LogP contribution in [0.25, 0.3) is 0 Å². The van der Waals surface area contributed by atoms with E-state index < -0.39 is 11.7 Å². The van der Waals surface area contributed by atoms with Gasteiger partial charge in [-0.1, -0.05) is 11.4 Å². The molecule has 9 heteroatoms. The monoisotopic (exact) mass is 328 g/mol. The number of likely N-dealkylation sites (N-methyl/N-ethyl adjacent to an activating group) is 1. The molecular formula is C10H21N2O4PS2. The average Bonchev–Trinajstić information content (AvgIpc) is 2.36. The summed E-state index contributed by atoms with van der Waals surface area (Å²) in [6.07, 6.45) is 0. The predicted octanol–water partition coefficient (Wildman–Crippen LogP) is 1.27. The largest absolute Gasteiger partial charge is 0.357 e. The minimum Gasteiger partial charge on any atom is -0.357 e. The molecule has 2 N–H and O–H groups in total. The van der Waals surface area contributed by atoms with E-state index in [-0.39, 0.29) is 17.6 Å². The zero-order valence-corrected chi connectivity index (χ0v) is 14.1. The molecule has 0 bridgehead atoms. The van der Waals surface area contributed by atoms with Gasteiger partial charge in [-0.2, -0.15) is 0 Å². The van der Waals surface area contributed by atoms with Gasteiger partial charge in [-0.25, -0.2) is 0 Å². The van der Waals surface area contributed by atoms with E-state index in [0.717, 1.165) is 0 Å². The van der Waals surface area contributed by atoms with Gasteiger partial charge in [0.15, 0.2) is 0 Å². The smallest absolute Gasteiger partial charge is 0.247 e. The van der Waals surface area contributed by atoms with Gasteiger partial charge in [0.05, 0.1) is 19.0 Å². The molecule has 112 valence electrons. The molecule has 0 aromatic carbocycles. The fraction of sp³-hybridized carbons (Fsp3) is 0.800. The second-order valence-corrected chi connectivity index (χ2v) is 9.77. The van der Waals surface area contributed by atoms with Crippen LogP contribution in [0.1, 0.15) is 20.8 Å². The van der Waals surface area contributed by atoms with Gasteiger partial charge in [-0.05, 0) is 32.6 Å². The third-order valence-corrected chi connectivity index (χ3v) is 7.35. The zero-order valence-electron chi connectivity index (χ0n) is 11.6. The molecule has 0 saturated heterocycles. The highest BCUT2D eigenvalue weighted by molar-refractivity contribution is 8.68. The van der Waals surface area contributed by atoms with Gasteiger partial charge >= 0.3 is 0 Å². The van der Waals surface area contributed by atoms with Crippen molar-refractivity contribution in [3.63, 3.8) is 0 Å².